The van der Waals surface area contributed by atoms with E-state index in [1.54, 1.807) is 11.3 Å². The molecule has 3 heterocycles. The maximum Gasteiger partial charge on any atom is 0.195 e. The van der Waals surface area contributed by atoms with Crippen molar-refractivity contribution in [3.63, 3.8) is 0 Å². The Morgan fingerprint density at radius 3 is 2.95 bits per heavy atom. The van der Waals surface area contributed by atoms with Crippen LogP contribution in [0.25, 0.3) is 4.96 Å². The van der Waals surface area contributed by atoms with Gasteiger partial charge in [-0.2, -0.15) is 0 Å². The normalized spacial score (nSPS) is 12.9. The first-order valence-electron chi connectivity index (χ1n) is 7.05. The van der Waals surface area contributed by atoms with Crippen molar-refractivity contribution in [3.05, 3.63) is 39.7 Å². The fraction of sp³-hybridized carbons (Fsp3) is 0.400. The number of nitrogens with zero attached hydrogens (tertiary/aromatic N) is 3. The first-order chi connectivity index (χ1) is 10.2. The summed E-state index contributed by atoms with van der Waals surface area (Å²) in [7, 11) is 4.12. The van der Waals surface area contributed by atoms with Gasteiger partial charge in [-0.1, -0.05) is 6.07 Å². The first-order valence-corrected chi connectivity index (χ1v) is 8.81. The molecule has 0 saturated heterocycles. The number of thiophene rings is 1. The Morgan fingerprint density at radius 2 is 2.24 bits per heavy atom. The third-order valence-corrected chi connectivity index (χ3v) is 5.41. The Labute approximate surface area is 133 Å². The minimum Gasteiger partial charge on any atom is -0.355 e. The van der Waals surface area contributed by atoms with Crippen molar-refractivity contribution < 1.29 is 0 Å². The number of hydrogen-bond acceptors (Lipinski definition) is 5. The summed E-state index contributed by atoms with van der Waals surface area (Å²) in [6, 6.07) is 4.74. The highest BCUT2D eigenvalue weighted by molar-refractivity contribution is 7.15. The van der Waals surface area contributed by atoms with Crippen molar-refractivity contribution in [3.8, 4) is 0 Å². The Balaban J connectivity index is 1.87. The Kier molecular flexibility index (Phi) is 4.28. The molecule has 21 heavy (non-hydrogen) atoms. The number of imidazole rings is 1. The summed E-state index contributed by atoms with van der Waals surface area (Å²) in [6.45, 7) is 3.08. The molecule has 4 nitrogen and oxygen atoms in total. The predicted molar refractivity (Wildman–Crippen MR) is 91.7 cm³/mol. The number of fused-ring (bicyclic) bond motifs is 1. The maximum atomic E-state index is 4.81. The number of likely N-dealkylation sites (N-methyl/N-ethyl adjacent to an activating group) is 1. The molecule has 3 aromatic rings. The lowest BCUT2D eigenvalue weighted by Gasteiger charge is -2.25. The molecule has 0 fully saturated rings. The maximum absolute atomic E-state index is 4.81. The van der Waals surface area contributed by atoms with Crippen LogP contribution in [0.1, 0.15) is 17.5 Å². The SMILES string of the molecule is CNCc1c(N(C)C(C)Cc2cccs2)nc2sccn12. The summed E-state index contributed by atoms with van der Waals surface area (Å²) < 4.78 is 2.19. The second kappa shape index (κ2) is 6.17. The molecule has 0 aliphatic rings. The molecular weight excluding hydrogens is 300 g/mol. The van der Waals surface area contributed by atoms with Crippen LogP contribution in [0.2, 0.25) is 0 Å². The summed E-state index contributed by atoms with van der Waals surface area (Å²) in [5, 5.41) is 7.47. The zero-order chi connectivity index (χ0) is 14.8. The molecule has 0 aromatic carbocycles. The fourth-order valence-electron chi connectivity index (χ4n) is 2.50. The van der Waals surface area contributed by atoms with E-state index in [2.05, 4.69) is 57.7 Å². The predicted octanol–water partition coefficient (Wildman–Crippen LogP) is 3.24. The third kappa shape index (κ3) is 2.84. The largest absolute Gasteiger partial charge is 0.355 e. The highest BCUT2D eigenvalue weighted by Gasteiger charge is 2.20. The number of rotatable bonds is 6. The van der Waals surface area contributed by atoms with Gasteiger partial charge in [0.1, 0.15) is 0 Å². The number of anilines is 1. The van der Waals surface area contributed by atoms with Gasteiger partial charge in [0.25, 0.3) is 0 Å². The van der Waals surface area contributed by atoms with Crippen molar-refractivity contribution in [2.45, 2.75) is 25.9 Å². The van der Waals surface area contributed by atoms with Crippen LogP contribution in [0.4, 0.5) is 5.82 Å². The summed E-state index contributed by atoms with van der Waals surface area (Å²) in [6.07, 6.45) is 3.15. The van der Waals surface area contributed by atoms with Gasteiger partial charge in [-0.25, -0.2) is 4.98 Å². The minimum atomic E-state index is 0.420. The van der Waals surface area contributed by atoms with Gasteiger partial charge in [0.2, 0.25) is 0 Å². The van der Waals surface area contributed by atoms with Gasteiger partial charge < -0.3 is 10.2 Å². The molecule has 1 N–H and O–H groups in total. The van der Waals surface area contributed by atoms with E-state index >= 15 is 0 Å². The zero-order valence-electron chi connectivity index (χ0n) is 12.5. The van der Waals surface area contributed by atoms with Gasteiger partial charge in [-0.15, -0.1) is 22.7 Å². The lowest BCUT2D eigenvalue weighted by atomic mass is 10.2. The van der Waals surface area contributed by atoms with Gasteiger partial charge in [0.15, 0.2) is 10.8 Å². The van der Waals surface area contributed by atoms with Crippen LogP contribution >= 0.6 is 22.7 Å². The number of nitrogens with one attached hydrogen (secondary N) is 1. The van der Waals surface area contributed by atoms with Crippen molar-refractivity contribution >= 4 is 33.5 Å². The quantitative estimate of drug-likeness (QED) is 0.757. The van der Waals surface area contributed by atoms with Gasteiger partial charge >= 0.3 is 0 Å². The smallest absolute Gasteiger partial charge is 0.195 e. The van der Waals surface area contributed by atoms with E-state index in [0.717, 1.165) is 23.7 Å². The van der Waals surface area contributed by atoms with Crippen LogP contribution in [0.3, 0.4) is 0 Å². The second-order valence-corrected chi connectivity index (χ2v) is 7.12. The second-order valence-electron chi connectivity index (χ2n) is 5.21. The van der Waals surface area contributed by atoms with E-state index in [4.69, 9.17) is 4.98 Å². The molecule has 0 aliphatic heterocycles. The molecule has 1 unspecified atom stereocenters. The summed E-state index contributed by atoms with van der Waals surface area (Å²) in [4.78, 5) is 9.59. The van der Waals surface area contributed by atoms with Crippen molar-refractivity contribution in [2.75, 3.05) is 19.0 Å². The molecule has 0 amide bonds. The number of hydrogen-bond donors (Lipinski definition) is 1. The van der Waals surface area contributed by atoms with Crippen molar-refractivity contribution in [1.29, 1.82) is 0 Å². The molecule has 0 saturated carbocycles. The molecule has 0 bridgehead atoms. The van der Waals surface area contributed by atoms with E-state index < -0.39 is 0 Å². The monoisotopic (exact) mass is 320 g/mol. The van der Waals surface area contributed by atoms with Gasteiger partial charge in [0, 0.05) is 42.5 Å². The molecular formula is C15H20N4S2. The lowest BCUT2D eigenvalue weighted by molar-refractivity contribution is 0.672. The van der Waals surface area contributed by atoms with Crippen LogP contribution < -0.4 is 10.2 Å². The zero-order valence-corrected chi connectivity index (χ0v) is 14.2. The number of aromatic nitrogens is 2. The molecule has 112 valence electrons. The summed E-state index contributed by atoms with van der Waals surface area (Å²) in [5.41, 5.74) is 1.23. The molecule has 0 aliphatic carbocycles. The highest BCUT2D eigenvalue weighted by atomic mass is 32.1. The average molecular weight is 320 g/mol. The third-order valence-electron chi connectivity index (χ3n) is 3.76. The van der Waals surface area contributed by atoms with E-state index in [-0.39, 0.29) is 0 Å². The van der Waals surface area contributed by atoms with Crippen LogP contribution in [-0.4, -0.2) is 29.5 Å². The Morgan fingerprint density at radius 1 is 1.38 bits per heavy atom. The van der Waals surface area contributed by atoms with E-state index in [9.17, 15) is 0 Å². The van der Waals surface area contributed by atoms with Gasteiger partial charge in [-0.3, -0.25) is 4.40 Å². The van der Waals surface area contributed by atoms with E-state index in [1.165, 1.54) is 10.6 Å². The van der Waals surface area contributed by atoms with Crippen LogP contribution in [0.15, 0.2) is 29.1 Å². The van der Waals surface area contributed by atoms with E-state index in [1.807, 2.05) is 18.4 Å². The lowest BCUT2D eigenvalue weighted by Crippen LogP contribution is -2.32. The van der Waals surface area contributed by atoms with Gasteiger partial charge in [0.05, 0.1) is 5.69 Å². The molecule has 3 rings (SSSR count). The Hall–Kier alpha value is -1.37. The first kappa shape index (κ1) is 14.6. The van der Waals surface area contributed by atoms with Crippen LogP contribution in [0.5, 0.6) is 0 Å². The topological polar surface area (TPSA) is 32.6 Å². The van der Waals surface area contributed by atoms with Crippen LogP contribution in [-0.2, 0) is 13.0 Å². The molecule has 0 radical (unpaired) electrons. The standard InChI is InChI=1S/C15H20N4S2/c1-11(9-12-5-4-7-20-12)18(3)14-13(10-16-2)19-6-8-21-15(19)17-14/h4-8,11,16H,9-10H2,1-3H3. The molecule has 6 heteroatoms. The summed E-state index contributed by atoms with van der Waals surface area (Å²) >= 11 is 3.50. The Bertz CT molecular complexity index is 698. The van der Waals surface area contributed by atoms with Gasteiger partial charge in [-0.05, 0) is 25.4 Å². The molecule has 1 atom stereocenters. The highest BCUT2D eigenvalue weighted by Crippen LogP contribution is 2.26. The molecule has 0 spiro atoms. The number of thiazole rings is 1. The molecule has 3 aromatic heterocycles. The van der Waals surface area contributed by atoms with E-state index in [0.29, 0.717) is 6.04 Å². The minimum absolute atomic E-state index is 0.420. The van der Waals surface area contributed by atoms with Crippen molar-refractivity contribution in [1.82, 2.24) is 14.7 Å². The van der Waals surface area contributed by atoms with Crippen molar-refractivity contribution in [2.24, 2.45) is 0 Å². The fourth-order valence-corrected chi connectivity index (χ4v) is 4.06. The average Bonchev–Trinajstić information content (AvgIpc) is 3.16. The van der Waals surface area contributed by atoms with Crippen LogP contribution in [0, 0.1) is 0 Å². The summed E-state index contributed by atoms with van der Waals surface area (Å²) in [5.74, 6) is 1.08.